The summed E-state index contributed by atoms with van der Waals surface area (Å²) in [7, 11) is 0. The summed E-state index contributed by atoms with van der Waals surface area (Å²) < 4.78 is 0. The quantitative estimate of drug-likeness (QED) is 0.875. The number of nitriles is 1. The van der Waals surface area contributed by atoms with E-state index < -0.39 is 0 Å². The number of anilines is 1. The Morgan fingerprint density at radius 2 is 2.15 bits per heavy atom. The predicted molar refractivity (Wildman–Crippen MR) is 80.9 cm³/mol. The van der Waals surface area contributed by atoms with Gasteiger partial charge in [-0.05, 0) is 50.0 Å². The fourth-order valence-corrected chi connectivity index (χ4v) is 2.75. The molecule has 0 unspecified atom stereocenters. The molecule has 1 aromatic carbocycles. The highest BCUT2D eigenvalue weighted by atomic mass is 35.5. The zero-order valence-corrected chi connectivity index (χ0v) is 12.2. The van der Waals surface area contributed by atoms with E-state index in [1.807, 2.05) is 6.07 Å². The fourth-order valence-electron chi connectivity index (χ4n) is 2.57. The molecule has 108 valence electrons. The van der Waals surface area contributed by atoms with Crippen molar-refractivity contribution >= 4 is 17.3 Å². The Morgan fingerprint density at radius 3 is 2.80 bits per heavy atom. The minimum Gasteiger partial charge on any atom is -0.395 e. The van der Waals surface area contributed by atoms with Gasteiger partial charge in [0.15, 0.2) is 0 Å². The van der Waals surface area contributed by atoms with E-state index in [1.165, 1.54) is 0 Å². The molecule has 2 N–H and O–H groups in total. The lowest BCUT2D eigenvalue weighted by Gasteiger charge is -2.31. The second kappa shape index (κ2) is 7.49. The monoisotopic (exact) mass is 293 g/mol. The van der Waals surface area contributed by atoms with Crippen molar-refractivity contribution in [3.8, 4) is 6.07 Å². The summed E-state index contributed by atoms with van der Waals surface area (Å²) in [6.07, 6.45) is 2.25. The van der Waals surface area contributed by atoms with Gasteiger partial charge in [-0.2, -0.15) is 5.26 Å². The van der Waals surface area contributed by atoms with E-state index in [2.05, 4.69) is 16.3 Å². The van der Waals surface area contributed by atoms with Crippen LogP contribution in [0.15, 0.2) is 18.2 Å². The summed E-state index contributed by atoms with van der Waals surface area (Å²) >= 11 is 5.89. The molecule has 20 heavy (non-hydrogen) atoms. The van der Waals surface area contributed by atoms with Gasteiger partial charge in [-0.15, -0.1) is 0 Å². The summed E-state index contributed by atoms with van der Waals surface area (Å²) in [5.74, 6) is 0.618. The Morgan fingerprint density at radius 1 is 1.40 bits per heavy atom. The van der Waals surface area contributed by atoms with E-state index in [9.17, 15) is 0 Å². The molecule has 1 aliphatic rings. The number of nitrogens with zero attached hydrogens (tertiary/aromatic N) is 2. The third-order valence-corrected chi connectivity index (χ3v) is 4.04. The van der Waals surface area contributed by atoms with Crippen LogP contribution in [0.25, 0.3) is 0 Å². The van der Waals surface area contributed by atoms with Gasteiger partial charge in [0.2, 0.25) is 0 Å². The van der Waals surface area contributed by atoms with Gasteiger partial charge in [-0.1, -0.05) is 11.6 Å². The van der Waals surface area contributed by atoms with Crippen LogP contribution in [-0.2, 0) is 0 Å². The normalized spacial score (nSPS) is 16.9. The number of piperidine rings is 1. The van der Waals surface area contributed by atoms with Gasteiger partial charge in [-0.3, -0.25) is 0 Å². The van der Waals surface area contributed by atoms with Crippen LogP contribution in [0.4, 0.5) is 5.69 Å². The van der Waals surface area contributed by atoms with E-state index in [-0.39, 0.29) is 6.61 Å². The van der Waals surface area contributed by atoms with E-state index >= 15 is 0 Å². The fraction of sp³-hybridized carbons (Fsp3) is 0.533. The maximum atomic E-state index is 9.09. The number of benzene rings is 1. The lowest BCUT2D eigenvalue weighted by Crippen LogP contribution is -2.37. The number of rotatable bonds is 5. The van der Waals surface area contributed by atoms with Gasteiger partial charge in [-0.25, -0.2) is 0 Å². The molecule has 0 aromatic heterocycles. The topological polar surface area (TPSA) is 59.3 Å². The lowest BCUT2D eigenvalue weighted by molar-refractivity contribution is 0.151. The van der Waals surface area contributed by atoms with Crippen LogP contribution < -0.4 is 5.32 Å². The molecule has 4 nitrogen and oxygen atoms in total. The number of likely N-dealkylation sites (tertiary alicyclic amines) is 1. The zero-order chi connectivity index (χ0) is 14.4. The Kier molecular flexibility index (Phi) is 5.66. The van der Waals surface area contributed by atoms with Crippen molar-refractivity contribution in [3.63, 3.8) is 0 Å². The third kappa shape index (κ3) is 4.11. The first-order chi connectivity index (χ1) is 9.72. The molecule has 0 aliphatic carbocycles. The van der Waals surface area contributed by atoms with E-state index in [0.29, 0.717) is 16.5 Å². The smallest absolute Gasteiger partial charge is 0.101 e. The van der Waals surface area contributed by atoms with Gasteiger partial charge >= 0.3 is 0 Å². The van der Waals surface area contributed by atoms with E-state index in [1.54, 1.807) is 12.1 Å². The molecule has 1 heterocycles. The third-order valence-electron chi connectivity index (χ3n) is 3.81. The molecule has 0 spiro atoms. The van der Waals surface area contributed by atoms with Crippen LogP contribution in [0.5, 0.6) is 0 Å². The van der Waals surface area contributed by atoms with Crippen LogP contribution in [-0.4, -0.2) is 42.8 Å². The van der Waals surface area contributed by atoms with Crippen molar-refractivity contribution in [2.75, 3.05) is 38.1 Å². The summed E-state index contributed by atoms with van der Waals surface area (Å²) in [5.41, 5.74) is 1.45. The number of halogens is 1. The second-order valence-corrected chi connectivity index (χ2v) is 5.63. The highest BCUT2D eigenvalue weighted by Gasteiger charge is 2.18. The van der Waals surface area contributed by atoms with Gasteiger partial charge in [0.05, 0.1) is 17.9 Å². The number of β-amino-alcohol motifs (C(OH)–C–C–N with tert-alkyl or cyclic N) is 1. The minimum atomic E-state index is 0.235. The average molecular weight is 294 g/mol. The van der Waals surface area contributed by atoms with Crippen molar-refractivity contribution in [1.82, 2.24) is 4.90 Å². The highest BCUT2D eigenvalue weighted by molar-refractivity contribution is 6.30. The van der Waals surface area contributed by atoms with Gasteiger partial charge in [0.25, 0.3) is 0 Å². The largest absolute Gasteiger partial charge is 0.395 e. The van der Waals surface area contributed by atoms with Crippen LogP contribution in [0.1, 0.15) is 18.4 Å². The number of aliphatic hydroxyl groups excluding tert-OH is 1. The maximum Gasteiger partial charge on any atom is 0.101 e. The number of aliphatic hydroxyl groups is 1. The molecule has 1 aliphatic heterocycles. The van der Waals surface area contributed by atoms with Crippen molar-refractivity contribution in [1.29, 1.82) is 5.26 Å². The van der Waals surface area contributed by atoms with Crippen LogP contribution in [0.2, 0.25) is 5.02 Å². The summed E-state index contributed by atoms with van der Waals surface area (Å²) in [6, 6.07) is 7.52. The number of nitrogens with one attached hydrogen (secondary N) is 1. The predicted octanol–water partition coefficient (Wildman–Crippen LogP) is 2.33. The molecule has 0 saturated carbocycles. The average Bonchev–Trinajstić information content (AvgIpc) is 2.47. The minimum absolute atomic E-state index is 0.235. The molecule has 0 bridgehead atoms. The standard InChI is InChI=1S/C15H20ClN3O/c16-14-1-2-15(13(9-14)10-17)18-11-12-3-5-19(6-4-12)7-8-20/h1-2,9,12,18,20H,3-8,11H2. The Bertz CT molecular complexity index is 478. The molecule has 0 amide bonds. The van der Waals surface area contributed by atoms with Crippen LogP contribution >= 0.6 is 11.6 Å². The van der Waals surface area contributed by atoms with Gasteiger partial charge in [0, 0.05) is 18.1 Å². The molecule has 0 radical (unpaired) electrons. The first kappa shape index (κ1) is 15.1. The molecule has 1 fully saturated rings. The van der Waals surface area contributed by atoms with Crippen molar-refractivity contribution < 1.29 is 5.11 Å². The second-order valence-electron chi connectivity index (χ2n) is 5.19. The van der Waals surface area contributed by atoms with E-state index in [0.717, 1.165) is 44.7 Å². The lowest BCUT2D eigenvalue weighted by atomic mass is 9.96. The van der Waals surface area contributed by atoms with Crippen LogP contribution in [0.3, 0.4) is 0 Å². The molecular formula is C15H20ClN3O. The summed E-state index contributed by atoms with van der Waals surface area (Å²) in [4.78, 5) is 2.29. The molecule has 0 atom stereocenters. The Balaban J connectivity index is 1.83. The van der Waals surface area contributed by atoms with Crippen molar-refractivity contribution in [2.45, 2.75) is 12.8 Å². The molecular weight excluding hydrogens is 274 g/mol. The SMILES string of the molecule is N#Cc1cc(Cl)ccc1NCC1CCN(CCO)CC1. The summed E-state index contributed by atoms with van der Waals surface area (Å²) in [6.45, 7) is 3.97. The summed E-state index contributed by atoms with van der Waals surface area (Å²) in [5, 5.41) is 22.0. The van der Waals surface area contributed by atoms with Crippen molar-refractivity contribution in [2.24, 2.45) is 5.92 Å². The Labute approximate surface area is 125 Å². The van der Waals surface area contributed by atoms with E-state index in [4.69, 9.17) is 22.0 Å². The Hall–Kier alpha value is -1.28. The zero-order valence-electron chi connectivity index (χ0n) is 11.5. The highest BCUT2D eigenvalue weighted by Crippen LogP contribution is 2.22. The van der Waals surface area contributed by atoms with Gasteiger partial charge in [0.1, 0.15) is 6.07 Å². The molecule has 1 saturated heterocycles. The number of hydrogen-bond acceptors (Lipinski definition) is 4. The molecule has 2 rings (SSSR count). The van der Waals surface area contributed by atoms with Crippen molar-refractivity contribution in [3.05, 3.63) is 28.8 Å². The van der Waals surface area contributed by atoms with Crippen LogP contribution in [0, 0.1) is 17.2 Å². The maximum absolute atomic E-state index is 9.09. The first-order valence-corrected chi connectivity index (χ1v) is 7.37. The molecule has 1 aromatic rings. The van der Waals surface area contributed by atoms with Gasteiger partial charge < -0.3 is 15.3 Å². The number of hydrogen-bond donors (Lipinski definition) is 2. The molecule has 5 heteroatoms. The first-order valence-electron chi connectivity index (χ1n) is 6.99.